The van der Waals surface area contributed by atoms with Crippen LogP contribution in [0.15, 0.2) is 24.3 Å². The third kappa shape index (κ3) is 3.33. The van der Waals surface area contributed by atoms with Crippen LogP contribution in [0, 0.1) is 0 Å². The summed E-state index contributed by atoms with van der Waals surface area (Å²) in [6.07, 6.45) is 0. The zero-order chi connectivity index (χ0) is 10.6. The average Bonchev–Trinajstić information content (AvgIpc) is 2.27. The van der Waals surface area contributed by atoms with Gasteiger partial charge in [0.15, 0.2) is 0 Å². The van der Waals surface area contributed by atoms with Gasteiger partial charge in [0.2, 0.25) is 0 Å². The Morgan fingerprint density at radius 2 is 1.13 bits per heavy atom. The molecule has 0 fully saturated rings. The maximum Gasteiger partial charge on any atom is 0.337 e. The maximum atomic E-state index is 11.0. The number of carbonyl (C=O) groups excluding carboxylic acids is 2. The summed E-state index contributed by atoms with van der Waals surface area (Å²) in [4.78, 5) is 22.1. The number of methoxy groups -OCH3 is 2. The number of esters is 2. The Hall–Kier alpha value is -1.41. The van der Waals surface area contributed by atoms with Gasteiger partial charge in [-0.05, 0) is 24.3 Å². The molecule has 15 heavy (non-hydrogen) atoms. The second kappa shape index (κ2) is 6.14. The molecule has 1 aromatic carbocycles. The van der Waals surface area contributed by atoms with Crippen molar-refractivity contribution in [2.45, 2.75) is 0 Å². The first kappa shape index (κ1) is 13.6. The van der Waals surface area contributed by atoms with E-state index in [0.717, 1.165) is 0 Å². The third-order valence-corrected chi connectivity index (χ3v) is 1.73. The van der Waals surface area contributed by atoms with Crippen LogP contribution in [-0.4, -0.2) is 26.2 Å². The standard InChI is InChI=1S/C10H10O4.H3P/c1-13-9(11)7-3-5-8(6-4-7)10(12)14-2;/h3-6H,1-2H3;1H3. The zero-order valence-corrected chi connectivity index (χ0v) is 10.1. The molecule has 1 unspecified atom stereocenters. The predicted octanol–water partition coefficient (Wildman–Crippen LogP) is 1.32. The molecule has 1 rings (SSSR count). The fourth-order valence-corrected chi connectivity index (χ4v) is 0.978. The van der Waals surface area contributed by atoms with Crippen molar-refractivity contribution in [3.8, 4) is 0 Å². The lowest BCUT2D eigenvalue weighted by Gasteiger charge is -2.00. The number of hydrogen-bond donors (Lipinski definition) is 0. The number of rotatable bonds is 2. The van der Waals surface area contributed by atoms with Gasteiger partial charge >= 0.3 is 11.9 Å². The number of hydrogen-bond acceptors (Lipinski definition) is 4. The molecule has 0 spiro atoms. The summed E-state index contributed by atoms with van der Waals surface area (Å²) in [6.45, 7) is 0. The highest BCUT2D eigenvalue weighted by Crippen LogP contribution is 2.06. The Morgan fingerprint density at radius 1 is 0.867 bits per heavy atom. The van der Waals surface area contributed by atoms with Crippen LogP contribution in [-0.2, 0) is 9.47 Å². The first-order valence-corrected chi connectivity index (χ1v) is 3.95. The molecule has 0 aliphatic heterocycles. The molecule has 82 valence electrons. The Balaban J connectivity index is 0.00000196. The molecule has 0 aromatic heterocycles. The van der Waals surface area contributed by atoms with Crippen molar-refractivity contribution in [2.75, 3.05) is 14.2 Å². The van der Waals surface area contributed by atoms with E-state index in [0.29, 0.717) is 11.1 Å². The summed E-state index contributed by atoms with van der Waals surface area (Å²) in [5, 5.41) is 0. The number of ether oxygens (including phenoxy) is 2. The first-order chi connectivity index (χ1) is 6.69. The molecule has 4 nitrogen and oxygen atoms in total. The highest BCUT2D eigenvalue weighted by atomic mass is 31.0. The van der Waals surface area contributed by atoms with Gasteiger partial charge in [0.1, 0.15) is 0 Å². The van der Waals surface area contributed by atoms with Crippen molar-refractivity contribution in [3.05, 3.63) is 35.4 Å². The van der Waals surface area contributed by atoms with Gasteiger partial charge in [-0.1, -0.05) is 0 Å². The van der Waals surface area contributed by atoms with E-state index in [1.807, 2.05) is 0 Å². The lowest BCUT2D eigenvalue weighted by molar-refractivity contribution is 0.0586. The lowest BCUT2D eigenvalue weighted by atomic mass is 10.1. The minimum Gasteiger partial charge on any atom is -0.465 e. The third-order valence-electron chi connectivity index (χ3n) is 1.73. The van der Waals surface area contributed by atoms with Crippen LogP contribution in [0.4, 0.5) is 0 Å². The highest BCUT2D eigenvalue weighted by molar-refractivity contribution is 6.92. The van der Waals surface area contributed by atoms with E-state index in [1.54, 1.807) is 0 Å². The largest absolute Gasteiger partial charge is 0.465 e. The van der Waals surface area contributed by atoms with Gasteiger partial charge < -0.3 is 9.47 Å². The van der Waals surface area contributed by atoms with Crippen molar-refractivity contribution < 1.29 is 19.1 Å². The SMILES string of the molecule is COC(=O)c1ccc(C(=O)OC)cc1.P. The normalized spacial score (nSPS) is 8.67. The fraction of sp³-hybridized carbons (Fsp3) is 0.200. The molecule has 0 N–H and O–H groups in total. The van der Waals surface area contributed by atoms with Crippen molar-refractivity contribution >= 4 is 21.8 Å². The monoisotopic (exact) mass is 228 g/mol. The molecule has 0 radical (unpaired) electrons. The van der Waals surface area contributed by atoms with E-state index in [4.69, 9.17) is 0 Å². The second-order valence-electron chi connectivity index (χ2n) is 2.56. The van der Waals surface area contributed by atoms with Crippen molar-refractivity contribution in [1.29, 1.82) is 0 Å². The van der Waals surface area contributed by atoms with Crippen molar-refractivity contribution in [2.24, 2.45) is 0 Å². The predicted molar refractivity (Wildman–Crippen MR) is 60.2 cm³/mol. The highest BCUT2D eigenvalue weighted by Gasteiger charge is 2.08. The van der Waals surface area contributed by atoms with E-state index in [2.05, 4.69) is 9.47 Å². The summed E-state index contributed by atoms with van der Waals surface area (Å²) in [5.74, 6) is -0.858. The quantitative estimate of drug-likeness (QED) is 0.565. The molecule has 0 heterocycles. The lowest BCUT2D eigenvalue weighted by Crippen LogP contribution is -2.04. The van der Waals surface area contributed by atoms with Crippen LogP contribution < -0.4 is 0 Å². The second-order valence-corrected chi connectivity index (χ2v) is 2.56. The smallest absolute Gasteiger partial charge is 0.337 e. The maximum absolute atomic E-state index is 11.0. The summed E-state index contributed by atoms with van der Waals surface area (Å²) in [6, 6.07) is 6.05. The van der Waals surface area contributed by atoms with Gasteiger partial charge in [-0.15, -0.1) is 0 Å². The zero-order valence-electron chi connectivity index (χ0n) is 8.65. The summed E-state index contributed by atoms with van der Waals surface area (Å²) in [7, 11) is 2.60. The Bertz CT molecular complexity index is 310. The van der Waals surface area contributed by atoms with Gasteiger partial charge in [0.25, 0.3) is 0 Å². The average molecular weight is 228 g/mol. The Labute approximate surface area is 91.2 Å². The van der Waals surface area contributed by atoms with E-state index in [9.17, 15) is 9.59 Å². The van der Waals surface area contributed by atoms with Crippen LogP contribution in [0.25, 0.3) is 0 Å². The Kier molecular flexibility index (Phi) is 5.57. The Morgan fingerprint density at radius 3 is 1.33 bits per heavy atom. The molecule has 0 amide bonds. The topological polar surface area (TPSA) is 52.6 Å². The summed E-state index contributed by atoms with van der Waals surface area (Å²) < 4.78 is 9.02. The molecule has 0 saturated carbocycles. The molecular weight excluding hydrogens is 215 g/mol. The molecule has 0 saturated heterocycles. The number of benzene rings is 1. The van der Waals surface area contributed by atoms with Crippen molar-refractivity contribution in [3.63, 3.8) is 0 Å². The van der Waals surface area contributed by atoms with Crippen molar-refractivity contribution in [1.82, 2.24) is 0 Å². The van der Waals surface area contributed by atoms with Gasteiger partial charge in [-0.25, -0.2) is 9.59 Å². The fourth-order valence-electron chi connectivity index (χ4n) is 0.978. The number of carbonyl (C=O) groups is 2. The van der Waals surface area contributed by atoms with E-state index < -0.39 is 11.9 Å². The molecular formula is C10H13O4P. The van der Waals surface area contributed by atoms with Crippen LogP contribution in [0.3, 0.4) is 0 Å². The van der Waals surface area contributed by atoms with Crippen LogP contribution in [0.5, 0.6) is 0 Å². The van der Waals surface area contributed by atoms with Gasteiger partial charge in [0.05, 0.1) is 25.3 Å². The minimum atomic E-state index is -0.429. The van der Waals surface area contributed by atoms with Gasteiger partial charge in [-0.2, -0.15) is 9.90 Å². The first-order valence-electron chi connectivity index (χ1n) is 3.95. The van der Waals surface area contributed by atoms with E-state index >= 15 is 0 Å². The van der Waals surface area contributed by atoms with Crippen LogP contribution in [0.2, 0.25) is 0 Å². The molecule has 5 heteroatoms. The van der Waals surface area contributed by atoms with E-state index in [-0.39, 0.29) is 9.90 Å². The summed E-state index contributed by atoms with van der Waals surface area (Å²) in [5.41, 5.74) is 0.806. The van der Waals surface area contributed by atoms with Crippen LogP contribution >= 0.6 is 9.90 Å². The van der Waals surface area contributed by atoms with Crippen LogP contribution in [0.1, 0.15) is 20.7 Å². The van der Waals surface area contributed by atoms with E-state index in [1.165, 1.54) is 38.5 Å². The van der Waals surface area contributed by atoms with Gasteiger partial charge in [0, 0.05) is 0 Å². The van der Waals surface area contributed by atoms with Gasteiger partial charge in [-0.3, -0.25) is 0 Å². The molecule has 0 aliphatic carbocycles. The molecule has 0 bridgehead atoms. The summed E-state index contributed by atoms with van der Waals surface area (Å²) >= 11 is 0. The minimum absolute atomic E-state index is 0. The molecule has 1 atom stereocenters. The molecule has 0 aliphatic rings. The molecule has 1 aromatic rings.